The van der Waals surface area contributed by atoms with Gasteiger partial charge in [0.1, 0.15) is 5.15 Å². The minimum Gasteiger partial charge on any atom is -0.465 e. The summed E-state index contributed by atoms with van der Waals surface area (Å²) in [7, 11) is 1.18. The summed E-state index contributed by atoms with van der Waals surface area (Å²) in [6.07, 6.45) is 2.63. The minimum atomic E-state index is -3.07. The van der Waals surface area contributed by atoms with Crippen molar-refractivity contribution in [3.05, 3.63) is 40.9 Å². The van der Waals surface area contributed by atoms with Crippen LogP contribution in [0.5, 0.6) is 5.75 Å². The Morgan fingerprint density at radius 1 is 1.36 bits per heavy atom. The van der Waals surface area contributed by atoms with Gasteiger partial charge >= 0.3 is 12.6 Å². The van der Waals surface area contributed by atoms with Crippen LogP contribution >= 0.6 is 11.6 Å². The van der Waals surface area contributed by atoms with E-state index in [1.165, 1.54) is 38.6 Å². The van der Waals surface area contributed by atoms with Crippen LogP contribution in [0.4, 0.5) is 8.78 Å². The highest BCUT2D eigenvalue weighted by Gasteiger charge is 2.23. The molecule has 22 heavy (non-hydrogen) atoms. The van der Waals surface area contributed by atoms with Crippen LogP contribution in [0.2, 0.25) is 5.15 Å². The third-order valence-corrected chi connectivity index (χ3v) is 3.05. The standard InChI is InChI=1S/C14H11ClF2N2O3/c1-7-12(22-14(16)17)11(8-3-4-18-10(15)5-8)9(6-19-7)13(20)21-2/h3-6,14H,1-2H3. The maximum atomic E-state index is 12.7. The molecule has 0 saturated carbocycles. The second-order valence-corrected chi connectivity index (χ2v) is 4.59. The number of methoxy groups -OCH3 is 1. The third-order valence-electron chi connectivity index (χ3n) is 2.84. The van der Waals surface area contributed by atoms with Gasteiger partial charge in [-0.2, -0.15) is 8.78 Å². The first-order valence-electron chi connectivity index (χ1n) is 6.08. The summed E-state index contributed by atoms with van der Waals surface area (Å²) in [5.41, 5.74) is 0.715. The molecule has 0 aliphatic heterocycles. The Bertz CT molecular complexity index is 710. The largest absolute Gasteiger partial charge is 0.465 e. The molecule has 0 N–H and O–H groups in total. The number of ether oxygens (including phenoxy) is 2. The SMILES string of the molecule is COC(=O)c1cnc(C)c(OC(F)F)c1-c1ccnc(Cl)c1. The molecule has 2 heterocycles. The molecule has 0 atom stereocenters. The van der Waals surface area contributed by atoms with Crippen LogP contribution in [0.25, 0.3) is 11.1 Å². The molecule has 0 amide bonds. The average molecular weight is 329 g/mol. The van der Waals surface area contributed by atoms with Crippen molar-refractivity contribution in [3.8, 4) is 16.9 Å². The van der Waals surface area contributed by atoms with Crippen molar-refractivity contribution >= 4 is 17.6 Å². The van der Waals surface area contributed by atoms with Crippen molar-refractivity contribution < 1.29 is 23.0 Å². The smallest absolute Gasteiger partial charge is 0.387 e. The van der Waals surface area contributed by atoms with E-state index in [9.17, 15) is 13.6 Å². The molecule has 0 radical (unpaired) electrons. The summed E-state index contributed by atoms with van der Waals surface area (Å²) >= 11 is 5.83. The van der Waals surface area contributed by atoms with Crippen molar-refractivity contribution in [1.29, 1.82) is 0 Å². The summed E-state index contributed by atoms with van der Waals surface area (Å²) in [5.74, 6) is -0.935. The third kappa shape index (κ3) is 3.30. The highest BCUT2D eigenvalue weighted by molar-refractivity contribution is 6.29. The molecule has 8 heteroatoms. The highest BCUT2D eigenvalue weighted by atomic mass is 35.5. The van der Waals surface area contributed by atoms with Gasteiger partial charge in [-0.3, -0.25) is 4.98 Å². The number of hydrogen-bond acceptors (Lipinski definition) is 5. The van der Waals surface area contributed by atoms with E-state index in [0.717, 1.165) is 0 Å². The molecule has 0 unspecified atom stereocenters. The predicted octanol–water partition coefficient (Wildman–Crippen LogP) is 3.49. The van der Waals surface area contributed by atoms with Gasteiger partial charge in [-0.25, -0.2) is 9.78 Å². The number of carbonyl (C=O) groups is 1. The fourth-order valence-electron chi connectivity index (χ4n) is 1.93. The first-order chi connectivity index (χ1) is 10.4. The van der Waals surface area contributed by atoms with Crippen LogP contribution in [0.3, 0.4) is 0 Å². The molecule has 2 rings (SSSR count). The Hall–Kier alpha value is -2.28. The number of aryl methyl sites for hydroxylation is 1. The van der Waals surface area contributed by atoms with Crippen molar-refractivity contribution in [2.24, 2.45) is 0 Å². The lowest BCUT2D eigenvalue weighted by Gasteiger charge is -2.16. The predicted molar refractivity (Wildman–Crippen MR) is 75.2 cm³/mol. The zero-order valence-corrected chi connectivity index (χ0v) is 12.4. The Morgan fingerprint density at radius 2 is 2.09 bits per heavy atom. The van der Waals surface area contributed by atoms with E-state index in [2.05, 4.69) is 19.4 Å². The van der Waals surface area contributed by atoms with Crippen LogP contribution < -0.4 is 4.74 Å². The average Bonchev–Trinajstić information content (AvgIpc) is 2.48. The summed E-state index contributed by atoms with van der Waals surface area (Å²) in [5, 5.41) is 0.144. The molecule has 2 aromatic rings. The van der Waals surface area contributed by atoms with Gasteiger partial charge in [-0.05, 0) is 24.6 Å². The first-order valence-corrected chi connectivity index (χ1v) is 6.46. The molecule has 0 aliphatic rings. The molecular weight excluding hydrogens is 318 g/mol. The maximum Gasteiger partial charge on any atom is 0.387 e. The number of alkyl halides is 2. The van der Waals surface area contributed by atoms with E-state index < -0.39 is 12.6 Å². The monoisotopic (exact) mass is 328 g/mol. The van der Waals surface area contributed by atoms with E-state index in [1.807, 2.05) is 0 Å². The quantitative estimate of drug-likeness (QED) is 0.635. The number of aromatic nitrogens is 2. The second-order valence-electron chi connectivity index (χ2n) is 4.20. The van der Waals surface area contributed by atoms with Gasteiger partial charge in [-0.1, -0.05) is 11.6 Å². The van der Waals surface area contributed by atoms with Crippen molar-refractivity contribution in [2.45, 2.75) is 13.5 Å². The summed E-state index contributed by atoms with van der Waals surface area (Å²) in [6, 6.07) is 2.95. The van der Waals surface area contributed by atoms with Gasteiger partial charge in [0, 0.05) is 18.0 Å². The van der Waals surface area contributed by atoms with Crippen LogP contribution in [0.1, 0.15) is 16.1 Å². The molecule has 0 fully saturated rings. The normalized spacial score (nSPS) is 10.6. The molecule has 0 aliphatic carbocycles. The Morgan fingerprint density at radius 3 is 2.68 bits per heavy atom. The Labute approximate surface area is 129 Å². The fourth-order valence-corrected chi connectivity index (χ4v) is 2.10. The van der Waals surface area contributed by atoms with Gasteiger partial charge in [-0.15, -0.1) is 0 Å². The van der Waals surface area contributed by atoms with Crippen molar-refractivity contribution in [1.82, 2.24) is 9.97 Å². The summed E-state index contributed by atoms with van der Waals surface area (Å²) < 4.78 is 34.6. The first kappa shape index (κ1) is 16.1. The summed E-state index contributed by atoms with van der Waals surface area (Å²) in [6.45, 7) is -1.57. The lowest BCUT2D eigenvalue weighted by Crippen LogP contribution is -2.11. The van der Waals surface area contributed by atoms with E-state index in [0.29, 0.717) is 5.56 Å². The molecule has 116 valence electrons. The van der Waals surface area contributed by atoms with Crippen molar-refractivity contribution in [2.75, 3.05) is 7.11 Å². The molecule has 5 nitrogen and oxygen atoms in total. The number of halogens is 3. The van der Waals surface area contributed by atoms with E-state index in [4.69, 9.17) is 11.6 Å². The van der Waals surface area contributed by atoms with E-state index in [1.54, 1.807) is 0 Å². The minimum absolute atomic E-state index is 0.00832. The number of nitrogens with zero attached hydrogens (tertiary/aromatic N) is 2. The van der Waals surface area contributed by atoms with Gasteiger partial charge < -0.3 is 9.47 Å². The molecule has 0 bridgehead atoms. The lowest BCUT2D eigenvalue weighted by molar-refractivity contribution is -0.0502. The van der Waals surface area contributed by atoms with Gasteiger partial charge in [0.25, 0.3) is 0 Å². The number of esters is 1. The Balaban J connectivity index is 2.75. The summed E-state index contributed by atoms with van der Waals surface area (Å²) in [4.78, 5) is 19.6. The van der Waals surface area contributed by atoms with Crippen molar-refractivity contribution in [3.63, 3.8) is 0 Å². The second kappa shape index (κ2) is 6.65. The Kier molecular flexibility index (Phi) is 4.87. The number of pyridine rings is 2. The molecule has 2 aromatic heterocycles. The van der Waals surface area contributed by atoms with Crippen LogP contribution in [0.15, 0.2) is 24.5 Å². The zero-order valence-electron chi connectivity index (χ0n) is 11.6. The van der Waals surface area contributed by atoms with Gasteiger partial charge in [0.15, 0.2) is 5.75 Å². The molecule has 0 saturated heterocycles. The van der Waals surface area contributed by atoms with Crippen LogP contribution in [-0.2, 0) is 4.74 Å². The maximum absolute atomic E-state index is 12.7. The lowest BCUT2D eigenvalue weighted by atomic mass is 10.0. The van der Waals surface area contributed by atoms with Gasteiger partial charge in [0.05, 0.1) is 18.4 Å². The van der Waals surface area contributed by atoms with E-state index >= 15 is 0 Å². The number of carbonyl (C=O) groups excluding carboxylic acids is 1. The van der Waals surface area contributed by atoms with Crippen LogP contribution in [-0.4, -0.2) is 29.7 Å². The van der Waals surface area contributed by atoms with Gasteiger partial charge in [0.2, 0.25) is 0 Å². The number of rotatable bonds is 4. The van der Waals surface area contributed by atoms with Crippen LogP contribution in [0, 0.1) is 6.92 Å². The zero-order chi connectivity index (χ0) is 16.3. The molecule has 0 spiro atoms. The highest BCUT2D eigenvalue weighted by Crippen LogP contribution is 2.37. The molecular formula is C14H11ClF2N2O3. The fraction of sp³-hybridized carbons (Fsp3) is 0.214. The molecule has 0 aromatic carbocycles. The topological polar surface area (TPSA) is 61.3 Å². The number of hydrogen-bond donors (Lipinski definition) is 0. The van der Waals surface area contributed by atoms with E-state index in [-0.39, 0.29) is 27.7 Å².